The molecular formula is C18H15N5O2. The summed E-state index contributed by atoms with van der Waals surface area (Å²) in [6.07, 6.45) is 3.25. The maximum absolute atomic E-state index is 9.22. The lowest BCUT2D eigenvalue weighted by molar-refractivity contribution is 0.413. The van der Waals surface area contributed by atoms with Gasteiger partial charge in [-0.3, -0.25) is 0 Å². The lowest BCUT2D eigenvalue weighted by Gasteiger charge is -2.08. The van der Waals surface area contributed by atoms with Crippen molar-refractivity contribution in [2.75, 3.05) is 19.5 Å². The molecule has 0 atom stereocenters. The van der Waals surface area contributed by atoms with Crippen molar-refractivity contribution in [1.82, 2.24) is 15.0 Å². The Morgan fingerprint density at radius 2 is 1.92 bits per heavy atom. The number of nitriles is 1. The average molecular weight is 333 g/mol. The molecule has 0 amide bonds. The van der Waals surface area contributed by atoms with E-state index < -0.39 is 0 Å². The largest absolute Gasteiger partial charge is 0.495 e. The third kappa shape index (κ3) is 3.64. The maximum Gasteiger partial charge on any atom is 0.228 e. The minimum absolute atomic E-state index is 0.407. The van der Waals surface area contributed by atoms with Crippen LogP contribution in [0, 0.1) is 11.3 Å². The number of nitrogens with zero attached hydrogens (tertiary/aromatic N) is 4. The van der Waals surface area contributed by atoms with Crippen LogP contribution in [0.2, 0.25) is 0 Å². The molecule has 1 N–H and O–H groups in total. The first-order valence-corrected chi connectivity index (χ1v) is 7.42. The zero-order valence-electron chi connectivity index (χ0n) is 13.7. The highest BCUT2D eigenvalue weighted by atomic mass is 16.5. The van der Waals surface area contributed by atoms with Gasteiger partial charge in [-0.25, -0.2) is 15.0 Å². The highest BCUT2D eigenvalue weighted by Crippen LogP contribution is 2.25. The fourth-order valence-electron chi connectivity index (χ4n) is 2.22. The number of methoxy groups -OCH3 is 2. The van der Waals surface area contributed by atoms with Crippen LogP contribution in [-0.4, -0.2) is 29.2 Å². The molecule has 124 valence electrons. The van der Waals surface area contributed by atoms with Crippen molar-refractivity contribution in [3.8, 4) is 28.8 Å². The summed E-state index contributed by atoms with van der Waals surface area (Å²) in [5, 5.41) is 12.3. The molecule has 2 aromatic heterocycles. The van der Waals surface area contributed by atoms with Gasteiger partial charge in [-0.05, 0) is 36.4 Å². The summed E-state index contributed by atoms with van der Waals surface area (Å²) in [7, 11) is 3.12. The first kappa shape index (κ1) is 16.2. The Bertz CT molecular complexity index is 919. The molecule has 25 heavy (non-hydrogen) atoms. The third-order valence-electron chi connectivity index (χ3n) is 3.48. The molecule has 3 rings (SSSR count). The Kier molecular flexibility index (Phi) is 4.72. The smallest absolute Gasteiger partial charge is 0.228 e. The maximum atomic E-state index is 9.22. The molecule has 0 unspecified atom stereocenters. The van der Waals surface area contributed by atoms with E-state index in [1.54, 1.807) is 49.8 Å². The summed E-state index contributed by atoms with van der Waals surface area (Å²) < 4.78 is 10.2. The Morgan fingerprint density at radius 3 is 2.60 bits per heavy atom. The van der Waals surface area contributed by atoms with Crippen molar-refractivity contribution in [3.63, 3.8) is 0 Å². The SMILES string of the molecule is COc1ccc(Nc2nccc(-c3ccc(OC)c(C#N)c3)n2)nc1. The fourth-order valence-corrected chi connectivity index (χ4v) is 2.22. The van der Waals surface area contributed by atoms with Crippen molar-refractivity contribution in [1.29, 1.82) is 5.26 Å². The molecule has 3 aromatic rings. The molecule has 7 nitrogen and oxygen atoms in total. The van der Waals surface area contributed by atoms with E-state index in [0.29, 0.717) is 34.5 Å². The van der Waals surface area contributed by atoms with Gasteiger partial charge in [0.1, 0.15) is 23.4 Å². The fraction of sp³-hybridized carbons (Fsp3) is 0.111. The summed E-state index contributed by atoms with van der Waals surface area (Å²) in [4.78, 5) is 12.9. The van der Waals surface area contributed by atoms with Gasteiger partial charge in [-0.15, -0.1) is 0 Å². The van der Waals surface area contributed by atoms with E-state index in [4.69, 9.17) is 9.47 Å². The molecule has 0 saturated heterocycles. The Morgan fingerprint density at radius 1 is 1.04 bits per heavy atom. The Labute approximate surface area is 144 Å². The first-order valence-electron chi connectivity index (χ1n) is 7.42. The molecule has 0 aliphatic carbocycles. The minimum atomic E-state index is 0.407. The van der Waals surface area contributed by atoms with Crippen LogP contribution in [0.4, 0.5) is 11.8 Å². The minimum Gasteiger partial charge on any atom is -0.495 e. The number of hydrogen-bond acceptors (Lipinski definition) is 7. The molecular weight excluding hydrogens is 318 g/mol. The summed E-state index contributed by atoms with van der Waals surface area (Å²) >= 11 is 0. The van der Waals surface area contributed by atoms with E-state index in [0.717, 1.165) is 5.56 Å². The molecule has 1 aromatic carbocycles. The number of ether oxygens (including phenoxy) is 2. The van der Waals surface area contributed by atoms with Gasteiger partial charge in [-0.1, -0.05) is 0 Å². The molecule has 0 aliphatic rings. The standard InChI is InChI=1S/C18H15N5O2/c1-24-14-4-6-17(21-11-14)23-18-20-8-7-15(22-18)12-3-5-16(25-2)13(9-12)10-19/h3-9,11H,1-2H3,(H,20,21,22,23). The van der Waals surface area contributed by atoms with Gasteiger partial charge < -0.3 is 14.8 Å². The zero-order valence-corrected chi connectivity index (χ0v) is 13.7. The van der Waals surface area contributed by atoms with Gasteiger partial charge in [0.2, 0.25) is 5.95 Å². The van der Waals surface area contributed by atoms with Crippen molar-refractivity contribution in [2.45, 2.75) is 0 Å². The van der Waals surface area contributed by atoms with Crippen LogP contribution in [0.15, 0.2) is 48.8 Å². The van der Waals surface area contributed by atoms with E-state index >= 15 is 0 Å². The van der Waals surface area contributed by atoms with Crippen LogP contribution in [0.3, 0.4) is 0 Å². The van der Waals surface area contributed by atoms with E-state index in [2.05, 4.69) is 26.3 Å². The van der Waals surface area contributed by atoms with E-state index in [1.165, 1.54) is 7.11 Å². The number of aromatic nitrogens is 3. The average Bonchev–Trinajstić information content (AvgIpc) is 2.68. The normalized spacial score (nSPS) is 9.96. The van der Waals surface area contributed by atoms with Gasteiger partial charge in [0, 0.05) is 11.8 Å². The van der Waals surface area contributed by atoms with Gasteiger partial charge in [-0.2, -0.15) is 5.26 Å². The number of rotatable bonds is 5. The van der Waals surface area contributed by atoms with E-state index in [9.17, 15) is 5.26 Å². The van der Waals surface area contributed by atoms with Crippen LogP contribution in [-0.2, 0) is 0 Å². The molecule has 0 radical (unpaired) electrons. The third-order valence-corrected chi connectivity index (χ3v) is 3.48. The van der Waals surface area contributed by atoms with E-state index in [-0.39, 0.29) is 0 Å². The molecule has 0 saturated carbocycles. The topological polar surface area (TPSA) is 92.9 Å². The number of hydrogen-bond donors (Lipinski definition) is 1. The lowest BCUT2D eigenvalue weighted by Crippen LogP contribution is -2.00. The van der Waals surface area contributed by atoms with Crippen molar-refractivity contribution in [2.24, 2.45) is 0 Å². The monoisotopic (exact) mass is 333 g/mol. The quantitative estimate of drug-likeness (QED) is 0.766. The van der Waals surface area contributed by atoms with Gasteiger partial charge >= 0.3 is 0 Å². The van der Waals surface area contributed by atoms with Gasteiger partial charge in [0.25, 0.3) is 0 Å². The lowest BCUT2D eigenvalue weighted by atomic mass is 10.1. The number of anilines is 2. The predicted molar refractivity (Wildman–Crippen MR) is 92.8 cm³/mol. The van der Waals surface area contributed by atoms with Crippen LogP contribution in [0.1, 0.15) is 5.56 Å². The molecule has 0 spiro atoms. The van der Waals surface area contributed by atoms with Crippen LogP contribution < -0.4 is 14.8 Å². The summed E-state index contributed by atoms with van der Waals surface area (Å²) in [5.74, 6) is 2.21. The van der Waals surface area contributed by atoms with Crippen molar-refractivity contribution in [3.05, 3.63) is 54.4 Å². The molecule has 0 aliphatic heterocycles. The van der Waals surface area contributed by atoms with Gasteiger partial charge in [0.05, 0.1) is 31.7 Å². The second-order valence-electron chi connectivity index (χ2n) is 5.00. The Hall–Kier alpha value is -3.66. The van der Waals surface area contributed by atoms with Crippen LogP contribution >= 0.6 is 0 Å². The number of nitrogens with one attached hydrogen (secondary N) is 1. The molecule has 2 heterocycles. The highest BCUT2D eigenvalue weighted by Gasteiger charge is 2.08. The molecule has 0 fully saturated rings. The molecule has 0 bridgehead atoms. The summed E-state index contributed by atoms with van der Waals surface area (Å²) in [6, 6.07) is 12.8. The van der Waals surface area contributed by atoms with E-state index in [1.807, 2.05) is 6.07 Å². The first-order chi connectivity index (χ1) is 12.2. The van der Waals surface area contributed by atoms with Crippen LogP contribution in [0.25, 0.3) is 11.3 Å². The number of benzene rings is 1. The molecule has 7 heteroatoms. The second-order valence-corrected chi connectivity index (χ2v) is 5.00. The summed E-state index contributed by atoms with van der Waals surface area (Å²) in [5.41, 5.74) is 1.93. The predicted octanol–water partition coefficient (Wildman–Crippen LogP) is 3.17. The number of pyridine rings is 1. The Balaban J connectivity index is 1.87. The zero-order chi connectivity index (χ0) is 17.6. The van der Waals surface area contributed by atoms with Crippen molar-refractivity contribution >= 4 is 11.8 Å². The van der Waals surface area contributed by atoms with Crippen molar-refractivity contribution < 1.29 is 9.47 Å². The summed E-state index contributed by atoms with van der Waals surface area (Å²) in [6.45, 7) is 0. The second kappa shape index (κ2) is 7.27. The van der Waals surface area contributed by atoms with Gasteiger partial charge in [0.15, 0.2) is 0 Å². The van der Waals surface area contributed by atoms with Crippen LogP contribution in [0.5, 0.6) is 11.5 Å². The highest BCUT2D eigenvalue weighted by molar-refractivity contribution is 5.65.